The number of carbonyl (C=O) groups is 1. The van der Waals surface area contributed by atoms with E-state index >= 15 is 0 Å². The second kappa shape index (κ2) is 9.71. The standard InChI is InChI=1S/C12H24N6OS/c1-4-7-13-8-9-18-12(14-15-16-18)20-10-5-6-11(19)17(2)3/h13H,4-10H2,1-3H3. The van der Waals surface area contributed by atoms with Crippen molar-refractivity contribution in [3.8, 4) is 0 Å². The van der Waals surface area contributed by atoms with Crippen molar-refractivity contribution in [3.05, 3.63) is 0 Å². The summed E-state index contributed by atoms with van der Waals surface area (Å²) in [5, 5.41) is 15.8. The molecule has 1 heterocycles. The van der Waals surface area contributed by atoms with Gasteiger partial charge in [0.05, 0.1) is 6.54 Å². The molecule has 0 atom stereocenters. The lowest BCUT2D eigenvalue weighted by molar-refractivity contribution is -0.128. The first-order chi connectivity index (χ1) is 9.65. The highest BCUT2D eigenvalue weighted by Gasteiger charge is 2.08. The molecule has 0 aliphatic heterocycles. The Morgan fingerprint density at radius 1 is 1.40 bits per heavy atom. The fraction of sp³-hybridized carbons (Fsp3) is 0.833. The summed E-state index contributed by atoms with van der Waals surface area (Å²) in [5.41, 5.74) is 0. The van der Waals surface area contributed by atoms with Gasteiger partial charge in [0.1, 0.15) is 0 Å². The molecule has 0 unspecified atom stereocenters. The van der Waals surface area contributed by atoms with Crippen LogP contribution in [0.15, 0.2) is 5.16 Å². The lowest BCUT2D eigenvalue weighted by Crippen LogP contribution is -2.22. The number of nitrogens with zero attached hydrogens (tertiary/aromatic N) is 5. The first kappa shape index (κ1) is 16.9. The van der Waals surface area contributed by atoms with Crippen LogP contribution in [-0.2, 0) is 11.3 Å². The van der Waals surface area contributed by atoms with Gasteiger partial charge in [-0.2, -0.15) is 0 Å². The van der Waals surface area contributed by atoms with E-state index in [1.165, 1.54) is 0 Å². The lowest BCUT2D eigenvalue weighted by Gasteiger charge is -2.09. The van der Waals surface area contributed by atoms with Gasteiger partial charge in [-0.25, -0.2) is 4.68 Å². The molecule has 8 heteroatoms. The van der Waals surface area contributed by atoms with E-state index in [9.17, 15) is 4.79 Å². The van der Waals surface area contributed by atoms with Gasteiger partial charge in [0.25, 0.3) is 0 Å². The van der Waals surface area contributed by atoms with Crippen molar-refractivity contribution >= 4 is 17.7 Å². The molecule has 1 aromatic heterocycles. The molecular formula is C12H24N6OS. The van der Waals surface area contributed by atoms with Crippen LogP contribution >= 0.6 is 11.8 Å². The van der Waals surface area contributed by atoms with Gasteiger partial charge in [-0.05, 0) is 29.8 Å². The van der Waals surface area contributed by atoms with Gasteiger partial charge in [-0.1, -0.05) is 18.7 Å². The first-order valence-electron chi connectivity index (χ1n) is 6.95. The lowest BCUT2D eigenvalue weighted by atomic mass is 10.3. The Balaban J connectivity index is 2.23. The topological polar surface area (TPSA) is 75.9 Å². The molecule has 1 aromatic rings. The van der Waals surface area contributed by atoms with Gasteiger partial charge in [-0.15, -0.1) is 5.10 Å². The summed E-state index contributed by atoms with van der Waals surface area (Å²) < 4.78 is 1.81. The number of carbonyl (C=O) groups excluding carboxylic acids is 1. The molecule has 1 amide bonds. The Morgan fingerprint density at radius 2 is 2.20 bits per heavy atom. The fourth-order valence-corrected chi connectivity index (χ4v) is 2.38. The van der Waals surface area contributed by atoms with Crippen LogP contribution in [0.5, 0.6) is 0 Å². The molecule has 114 valence electrons. The smallest absolute Gasteiger partial charge is 0.222 e. The van der Waals surface area contributed by atoms with Crippen LogP contribution in [0.25, 0.3) is 0 Å². The Bertz CT molecular complexity index is 395. The Morgan fingerprint density at radius 3 is 2.90 bits per heavy atom. The number of nitrogens with one attached hydrogen (secondary N) is 1. The highest BCUT2D eigenvalue weighted by molar-refractivity contribution is 7.99. The Kier molecular flexibility index (Phi) is 8.20. The second-order valence-corrected chi connectivity index (χ2v) is 5.74. The number of hydrogen-bond acceptors (Lipinski definition) is 6. The summed E-state index contributed by atoms with van der Waals surface area (Å²) in [6.07, 6.45) is 2.53. The molecular weight excluding hydrogens is 276 g/mol. The fourth-order valence-electron chi connectivity index (χ4n) is 1.54. The van der Waals surface area contributed by atoms with E-state index < -0.39 is 0 Å². The zero-order valence-electron chi connectivity index (χ0n) is 12.5. The maximum atomic E-state index is 11.4. The minimum atomic E-state index is 0.161. The number of amides is 1. The molecule has 0 spiro atoms. The third-order valence-corrected chi connectivity index (χ3v) is 3.73. The van der Waals surface area contributed by atoms with Crippen molar-refractivity contribution in [3.63, 3.8) is 0 Å². The van der Waals surface area contributed by atoms with Crippen LogP contribution in [0, 0.1) is 0 Å². The molecule has 1 N–H and O–H groups in total. The van der Waals surface area contributed by atoms with Crippen LogP contribution in [-0.4, -0.2) is 64.0 Å². The van der Waals surface area contributed by atoms with E-state index in [4.69, 9.17) is 0 Å². The summed E-state index contributed by atoms with van der Waals surface area (Å²) >= 11 is 1.60. The van der Waals surface area contributed by atoms with Crippen LogP contribution in [0.2, 0.25) is 0 Å². The molecule has 1 rings (SSSR count). The molecule has 0 saturated carbocycles. The minimum absolute atomic E-state index is 0.161. The Hall–Kier alpha value is -1.15. The summed E-state index contributed by atoms with van der Waals surface area (Å²) in [7, 11) is 3.55. The van der Waals surface area contributed by atoms with E-state index in [1.807, 2.05) is 0 Å². The molecule has 0 saturated heterocycles. The van der Waals surface area contributed by atoms with Crippen molar-refractivity contribution in [1.82, 2.24) is 30.4 Å². The third kappa shape index (κ3) is 6.33. The normalized spacial score (nSPS) is 10.8. The SMILES string of the molecule is CCCNCCn1nnnc1SCCCC(=O)N(C)C. The average Bonchev–Trinajstić information content (AvgIpc) is 2.87. The van der Waals surface area contributed by atoms with Crippen molar-refractivity contribution in [2.75, 3.05) is 32.9 Å². The summed E-state index contributed by atoms with van der Waals surface area (Å²) in [5.74, 6) is 1.01. The molecule has 0 bridgehead atoms. The molecule has 7 nitrogen and oxygen atoms in total. The second-order valence-electron chi connectivity index (χ2n) is 4.67. The van der Waals surface area contributed by atoms with E-state index in [2.05, 4.69) is 27.8 Å². The highest BCUT2D eigenvalue weighted by atomic mass is 32.2. The predicted molar refractivity (Wildman–Crippen MR) is 79.6 cm³/mol. The predicted octanol–water partition coefficient (Wildman–Crippen LogP) is 0.633. The summed E-state index contributed by atoms with van der Waals surface area (Å²) in [6, 6.07) is 0. The van der Waals surface area contributed by atoms with Crippen LogP contribution in [0.1, 0.15) is 26.2 Å². The highest BCUT2D eigenvalue weighted by Crippen LogP contribution is 2.15. The quantitative estimate of drug-likeness (QED) is 0.505. The van der Waals surface area contributed by atoms with Crippen molar-refractivity contribution in [2.45, 2.75) is 37.9 Å². The minimum Gasteiger partial charge on any atom is -0.349 e. The molecule has 0 radical (unpaired) electrons. The number of thioether (sulfide) groups is 1. The maximum Gasteiger partial charge on any atom is 0.222 e. The number of aromatic nitrogens is 4. The largest absolute Gasteiger partial charge is 0.349 e. The summed E-state index contributed by atoms with van der Waals surface area (Å²) in [6.45, 7) is 4.79. The van der Waals surface area contributed by atoms with Crippen LogP contribution < -0.4 is 5.32 Å². The molecule has 0 aromatic carbocycles. The van der Waals surface area contributed by atoms with Gasteiger partial charge >= 0.3 is 0 Å². The Labute approximate surface area is 124 Å². The average molecular weight is 300 g/mol. The summed E-state index contributed by atoms with van der Waals surface area (Å²) in [4.78, 5) is 13.1. The monoisotopic (exact) mass is 300 g/mol. The van der Waals surface area contributed by atoms with Crippen molar-refractivity contribution in [2.24, 2.45) is 0 Å². The number of tetrazole rings is 1. The van der Waals surface area contributed by atoms with Gasteiger partial charge in [0, 0.05) is 32.8 Å². The van der Waals surface area contributed by atoms with Gasteiger partial charge < -0.3 is 10.2 Å². The number of hydrogen-bond donors (Lipinski definition) is 1. The van der Waals surface area contributed by atoms with E-state index in [0.717, 1.165) is 43.4 Å². The molecule has 0 fully saturated rings. The van der Waals surface area contributed by atoms with E-state index in [1.54, 1.807) is 35.4 Å². The van der Waals surface area contributed by atoms with Crippen LogP contribution in [0.3, 0.4) is 0 Å². The van der Waals surface area contributed by atoms with Gasteiger partial charge in [0.2, 0.25) is 11.1 Å². The zero-order chi connectivity index (χ0) is 14.8. The van der Waals surface area contributed by atoms with E-state index in [-0.39, 0.29) is 5.91 Å². The molecule has 0 aliphatic carbocycles. The molecule has 0 aliphatic rings. The van der Waals surface area contributed by atoms with Crippen molar-refractivity contribution in [1.29, 1.82) is 0 Å². The van der Waals surface area contributed by atoms with Crippen molar-refractivity contribution < 1.29 is 4.79 Å². The number of rotatable bonds is 10. The van der Waals surface area contributed by atoms with Crippen LogP contribution in [0.4, 0.5) is 0 Å². The maximum absolute atomic E-state index is 11.4. The first-order valence-corrected chi connectivity index (χ1v) is 7.93. The van der Waals surface area contributed by atoms with Gasteiger partial charge in [0.15, 0.2) is 0 Å². The van der Waals surface area contributed by atoms with E-state index in [0.29, 0.717) is 6.42 Å². The zero-order valence-corrected chi connectivity index (χ0v) is 13.3. The van der Waals surface area contributed by atoms with Gasteiger partial charge in [-0.3, -0.25) is 4.79 Å². The molecule has 20 heavy (non-hydrogen) atoms. The third-order valence-electron chi connectivity index (χ3n) is 2.69.